The van der Waals surface area contributed by atoms with E-state index in [4.69, 9.17) is 23.8 Å². The van der Waals surface area contributed by atoms with Crippen LogP contribution in [-0.2, 0) is 4.79 Å². The van der Waals surface area contributed by atoms with Crippen molar-refractivity contribution in [3.8, 4) is 0 Å². The first-order chi connectivity index (χ1) is 10.4. The van der Waals surface area contributed by atoms with E-state index < -0.39 is 21.5 Å². The van der Waals surface area contributed by atoms with Gasteiger partial charge in [-0.3, -0.25) is 4.79 Å². The van der Waals surface area contributed by atoms with Crippen LogP contribution in [-0.4, -0.2) is 27.4 Å². The van der Waals surface area contributed by atoms with E-state index in [9.17, 15) is 12.6 Å². The van der Waals surface area contributed by atoms with Crippen molar-refractivity contribution in [2.24, 2.45) is 0 Å². The van der Waals surface area contributed by atoms with Crippen LogP contribution in [0.25, 0.3) is 0 Å². The van der Waals surface area contributed by atoms with Gasteiger partial charge in [-0.1, -0.05) is 17.7 Å². The Kier molecular flexibility index (Phi) is 5.43. The van der Waals surface area contributed by atoms with Crippen molar-refractivity contribution < 1.29 is 12.6 Å². The zero-order valence-electron chi connectivity index (χ0n) is 11.1. The van der Waals surface area contributed by atoms with Crippen LogP contribution in [0.3, 0.4) is 0 Å². The maximum Gasteiger partial charge on any atom is 0.174 e. The predicted molar refractivity (Wildman–Crippen MR) is 87.9 cm³/mol. The summed E-state index contributed by atoms with van der Waals surface area (Å²) >= 11 is 10.8. The van der Waals surface area contributed by atoms with Gasteiger partial charge < -0.3 is 10.6 Å². The van der Waals surface area contributed by atoms with Crippen molar-refractivity contribution in [3.63, 3.8) is 0 Å². The minimum Gasteiger partial charge on any atom is -0.362 e. The summed E-state index contributed by atoms with van der Waals surface area (Å²) in [4.78, 5) is 19.1. The molecule has 2 rings (SSSR count). The lowest BCUT2D eigenvalue weighted by atomic mass is 10.2. The third kappa shape index (κ3) is 4.21. The molecule has 0 saturated heterocycles. The molecular formula is C12H11ClF2N4OS2. The zero-order valence-corrected chi connectivity index (χ0v) is 13.4. The monoisotopic (exact) mass is 364 g/mol. The van der Waals surface area contributed by atoms with Crippen LogP contribution >= 0.6 is 34.6 Å². The van der Waals surface area contributed by atoms with Crippen LogP contribution in [0.2, 0.25) is 5.15 Å². The maximum atomic E-state index is 13.4. The fraction of sp³-hybridized carbons (Fsp3) is 0.167. The second-order valence-electron chi connectivity index (χ2n) is 4.12. The molecule has 0 bridgehead atoms. The fourth-order valence-corrected chi connectivity index (χ4v) is 3.04. The molecule has 0 saturated carbocycles. The number of rotatable bonds is 5. The quantitative estimate of drug-likeness (QED) is 0.781. The molecule has 1 aliphatic heterocycles. The van der Waals surface area contributed by atoms with Gasteiger partial charge >= 0.3 is 0 Å². The summed E-state index contributed by atoms with van der Waals surface area (Å²) in [6.45, 7) is 0.120. The molecule has 1 aromatic rings. The van der Waals surface area contributed by atoms with Gasteiger partial charge in [-0.25, -0.2) is 9.97 Å². The summed E-state index contributed by atoms with van der Waals surface area (Å²) in [6.07, 6.45) is 5.14. The molecule has 1 aliphatic rings. The summed E-state index contributed by atoms with van der Waals surface area (Å²) in [5.41, 5.74) is 0. The second kappa shape index (κ2) is 7.12. The molecule has 2 N–H and O–H groups in total. The first kappa shape index (κ1) is 16.8. The lowest BCUT2D eigenvalue weighted by Crippen LogP contribution is -2.31. The average Bonchev–Trinajstić information content (AvgIpc) is 2.81. The zero-order chi connectivity index (χ0) is 16.2. The number of hydrogen-bond donors (Lipinski definition) is 2. The van der Waals surface area contributed by atoms with Gasteiger partial charge in [0.25, 0.3) is 0 Å². The first-order valence-corrected chi connectivity index (χ1v) is 8.34. The molecule has 0 atom stereocenters. The number of ketones is 1. The van der Waals surface area contributed by atoms with Crippen LogP contribution in [0.1, 0.15) is 6.42 Å². The average molecular weight is 365 g/mol. The van der Waals surface area contributed by atoms with Crippen molar-refractivity contribution in [2.45, 2.75) is 6.42 Å². The summed E-state index contributed by atoms with van der Waals surface area (Å²) in [5, 5.41) is 6.53. The highest BCUT2D eigenvalue weighted by atomic mass is 35.5. The van der Waals surface area contributed by atoms with Gasteiger partial charge in [-0.05, 0) is 18.3 Å². The van der Waals surface area contributed by atoms with E-state index in [2.05, 4.69) is 20.6 Å². The lowest BCUT2D eigenvalue weighted by molar-refractivity contribution is -0.114. The van der Waals surface area contributed by atoms with Gasteiger partial charge in [0.05, 0.1) is 4.91 Å². The SMILES string of the molecule is O=C(CCNC(=S)Nc1nccnc1Cl)C1=CC=CS1(F)F. The molecule has 0 spiro atoms. The fourth-order valence-electron chi connectivity index (χ4n) is 1.60. The number of halogens is 3. The van der Waals surface area contributed by atoms with Gasteiger partial charge in [0, 0.05) is 30.8 Å². The highest BCUT2D eigenvalue weighted by molar-refractivity contribution is 8.31. The van der Waals surface area contributed by atoms with E-state index in [0.717, 1.165) is 11.5 Å². The molecule has 0 aromatic carbocycles. The Morgan fingerprint density at radius 3 is 2.73 bits per heavy atom. The Hall–Kier alpha value is -1.58. The van der Waals surface area contributed by atoms with Crippen molar-refractivity contribution >= 4 is 51.3 Å². The standard InChI is InChI=1S/C12H11ClF2N4OS2/c13-10-11(17-6-5-16-10)19-12(21)18-4-3-8(20)9-2-1-7-22(9,14)15/h1-2,5-7H,3-4H2,(H2,17,18,19,21). The molecule has 2 heterocycles. The minimum absolute atomic E-state index is 0.0911. The number of nitrogens with zero attached hydrogens (tertiary/aromatic N) is 2. The van der Waals surface area contributed by atoms with Crippen LogP contribution in [0.5, 0.6) is 0 Å². The van der Waals surface area contributed by atoms with Gasteiger partial charge in [-0.2, -0.15) is 0 Å². The van der Waals surface area contributed by atoms with E-state index in [1.807, 2.05) is 0 Å². The number of thiocarbonyl (C=S) groups is 1. The first-order valence-electron chi connectivity index (χ1n) is 6.06. The van der Waals surface area contributed by atoms with Crippen LogP contribution in [0, 0.1) is 0 Å². The second-order valence-corrected chi connectivity index (χ2v) is 6.61. The molecule has 0 amide bonds. The van der Waals surface area contributed by atoms with Crippen molar-refractivity contribution in [3.05, 3.63) is 40.0 Å². The molecule has 0 unspecified atom stereocenters. The summed E-state index contributed by atoms with van der Waals surface area (Å²) in [5.74, 6) is -0.329. The predicted octanol–water partition coefficient (Wildman–Crippen LogP) is 3.36. The minimum atomic E-state index is -4.07. The Bertz CT molecular complexity index is 666. The smallest absolute Gasteiger partial charge is 0.174 e. The molecule has 22 heavy (non-hydrogen) atoms. The number of aromatic nitrogens is 2. The van der Waals surface area contributed by atoms with Crippen LogP contribution in [0.4, 0.5) is 13.6 Å². The normalized spacial score (nSPS) is 16.8. The van der Waals surface area contributed by atoms with Gasteiger partial charge in [0.2, 0.25) is 0 Å². The van der Waals surface area contributed by atoms with Crippen LogP contribution in [0.15, 0.2) is 34.9 Å². The Morgan fingerprint density at radius 1 is 1.36 bits per heavy atom. The number of anilines is 1. The number of hydrogen-bond acceptors (Lipinski definition) is 4. The van der Waals surface area contributed by atoms with Crippen LogP contribution < -0.4 is 10.6 Å². The highest BCUT2D eigenvalue weighted by Gasteiger charge is 2.32. The third-order valence-corrected chi connectivity index (χ3v) is 4.56. The summed E-state index contributed by atoms with van der Waals surface area (Å²) < 4.78 is 26.8. The molecule has 0 aliphatic carbocycles. The molecule has 10 heteroatoms. The summed E-state index contributed by atoms with van der Waals surface area (Å²) in [6, 6.07) is 0. The molecule has 0 radical (unpaired) electrons. The lowest BCUT2D eigenvalue weighted by Gasteiger charge is -2.15. The van der Waals surface area contributed by atoms with Crippen molar-refractivity contribution in [2.75, 3.05) is 11.9 Å². The maximum absolute atomic E-state index is 13.4. The largest absolute Gasteiger partial charge is 0.362 e. The van der Waals surface area contributed by atoms with E-state index in [1.165, 1.54) is 18.5 Å². The Balaban J connectivity index is 1.78. The number of nitrogens with one attached hydrogen (secondary N) is 2. The number of Topliss-reactive ketones (excluding diaryl/α,β-unsaturated/α-hetero) is 1. The molecule has 5 nitrogen and oxygen atoms in total. The molecule has 1 aromatic heterocycles. The molecule has 118 valence electrons. The number of allylic oxidation sites excluding steroid dienone is 3. The third-order valence-electron chi connectivity index (χ3n) is 2.59. The Labute approximate surface area is 137 Å². The van der Waals surface area contributed by atoms with Crippen molar-refractivity contribution in [1.82, 2.24) is 15.3 Å². The summed E-state index contributed by atoms with van der Waals surface area (Å²) in [7, 11) is -4.07. The van der Waals surface area contributed by atoms with Gasteiger partial charge in [0.1, 0.15) is 10.8 Å². The Morgan fingerprint density at radius 2 is 2.09 bits per heavy atom. The topological polar surface area (TPSA) is 66.9 Å². The van der Waals surface area contributed by atoms with E-state index in [1.54, 1.807) is 0 Å². The van der Waals surface area contributed by atoms with E-state index >= 15 is 0 Å². The van der Waals surface area contributed by atoms with Crippen molar-refractivity contribution in [1.29, 1.82) is 0 Å². The van der Waals surface area contributed by atoms with E-state index in [0.29, 0.717) is 0 Å². The number of carbonyl (C=O) groups excluding carboxylic acids is 1. The van der Waals surface area contributed by atoms with Gasteiger partial charge in [0.15, 0.2) is 21.9 Å². The highest BCUT2D eigenvalue weighted by Crippen LogP contribution is 2.63. The molecule has 0 fully saturated rings. The molecular weight excluding hydrogens is 354 g/mol. The number of carbonyl (C=O) groups is 1. The van der Waals surface area contributed by atoms with E-state index in [-0.39, 0.29) is 29.0 Å². The van der Waals surface area contributed by atoms with Gasteiger partial charge in [-0.15, -0.1) is 7.77 Å².